The van der Waals surface area contributed by atoms with Crippen LogP contribution in [0.25, 0.3) is 0 Å². The summed E-state index contributed by atoms with van der Waals surface area (Å²) in [4.78, 5) is 0. The van der Waals surface area contributed by atoms with Gasteiger partial charge in [0.05, 0.1) is 0 Å². The van der Waals surface area contributed by atoms with Crippen molar-refractivity contribution < 1.29 is 0 Å². The van der Waals surface area contributed by atoms with Crippen LogP contribution in [0.1, 0.15) is 51.2 Å². The van der Waals surface area contributed by atoms with E-state index >= 15 is 0 Å². The van der Waals surface area contributed by atoms with E-state index in [1.807, 2.05) is 0 Å². The summed E-state index contributed by atoms with van der Waals surface area (Å²) >= 11 is 0. The summed E-state index contributed by atoms with van der Waals surface area (Å²) in [6, 6.07) is 9.01. The molecule has 1 aromatic rings. The molecule has 14 heavy (non-hydrogen) atoms. The van der Waals surface area contributed by atoms with Crippen molar-refractivity contribution in [1.29, 1.82) is 0 Å². The number of benzene rings is 1. The van der Waals surface area contributed by atoms with Crippen molar-refractivity contribution in [2.45, 2.75) is 46.5 Å². The zero-order valence-electron chi connectivity index (χ0n) is 9.88. The monoisotopic (exact) mass is 190 g/mol. The normalized spacial score (nSPS) is 11.3. The molecule has 0 aliphatic carbocycles. The molecule has 0 fully saturated rings. The van der Waals surface area contributed by atoms with Crippen LogP contribution in [-0.2, 0) is 6.42 Å². The van der Waals surface area contributed by atoms with Gasteiger partial charge in [0.25, 0.3) is 0 Å². The van der Waals surface area contributed by atoms with Crippen LogP contribution in [0.15, 0.2) is 24.3 Å². The summed E-state index contributed by atoms with van der Waals surface area (Å²) in [7, 11) is 0. The van der Waals surface area contributed by atoms with E-state index in [9.17, 15) is 0 Å². The molecule has 0 nitrogen and oxygen atoms in total. The minimum Gasteiger partial charge on any atom is -0.0628 e. The molecule has 0 heteroatoms. The third-order valence-electron chi connectivity index (χ3n) is 2.63. The highest BCUT2D eigenvalue weighted by atomic mass is 14.1. The topological polar surface area (TPSA) is 0 Å². The average molecular weight is 190 g/mol. The van der Waals surface area contributed by atoms with Gasteiger partial charge in [-0.25, -0.2) is 0 Å². The second-order valence-corrected chi connectivity index (χ2v) is 4.83. The van der Waals surface area contributed by atoms with E-state index in [4.69, 9.17) is 0 Å². The predicted octanol–water partition coefficient (Wildman–Crippen LogP) is 4.40. The summed E-state index contributed by atoms with van der Waals surface area (Å²) in [5, 5.41) is 0. The molecular formula is C14H22. The van der Waals surface area contributed by atoms with Gasteiger partial charge in [-0.3, -0.25) is 0 Å². The maximum atomic E-state index is 2.35. The Labute approximate surface area is 88.4 Å². The lowest BCUT2D eigenvalue weighted by atomic mass is 9.97. The largest absolute Gasteiger partial charge is 0.0628 e. The second-order valence-electron chi connectivity index (χ2n) is 4.83. The lowest BCUT2D eigenvalue weighted by molar-refractivity contribution is 0.586. The standard InChI is InChI=1S/C14H22/c1-11(2)8-9-13-6-5-7-14(10-13)12(3)4/h5-7,10-12H,8-9H2,1-4H3. The van der Waals surface area contributed by atoms with E-state index in [2.05, 4.69) is 52.0 Å². The maximum absolute atomic E-state index is 2.35. The van der Waals surface area contributed by atoms with E-state index in [-0.39, 0.29) is 0 Å². The molecule has 0 saturated heterocycles. The van der Waals surface area contributed by atoms with E-state index < -0.39 is 0 Å². The zero-order chi connectivity index (χ0) is 10.6. The Kier molecular flexibility index (Phi) is 4.19. The Balaban J connectivity index is 2.64. The van der Waals surface area contributed by atoms with Gasteiger partial charge in [0, 0.05) is 0 Å². The van der Waals surface area contributed by atoms with Gasteiger partial charge in [0.2, 0.25) is 0 Å². The molecule has 0 atom stereocenters. The Morgan fingerprint density at radius 2 is 1.79 bits per heavy atom. The van der Waals surface area contributed by atoms with Crippen LogP contribution in [0, 0.1) is 5.92 Å². The van der Waals surface area contributed by atoms with Crippen LogP contribution < -0.4 is 0 Å². The van der Waals surface area contributed by atoms with Gasteiger partial charge in [-0.1, -0.05) is 52.0 Å². The minimum atomic E-state index is 0.647. The fourth-order valence-corrected chi connectivity index (χ4v) is 1.56. The fourth-order valence-electron chi connectivity index (χ4n) is 1.56. The first-order chi connectivity index (χ1) is 6.59. The minimum absolute atomic E-state index is 0.647. The Bertz CT molecular complexity index is 271. The molecule has 0 heterocycles. The molecule has 0 aliphatic heterocycles. The van der Waals surface area contributed by atoms with E-state index in [0.717, 1.165) is 5.92 Å². The highest BCUT2D eigenvalue weighted by Gasteiger charge is 2.01. The molecule has 0 bridgehead atoms. The molecule has 0 amide bonds. The summed E-state index contributed by atoms with van der Waals surface area (Å²) in [5.74, 6) is 1.45. The summed E-state index contributed by atoms with van der Waals surface area (Å²) in [6.07, 6.45) is 2.51. The van der Waals surface area contributed by atoms with Crippen molar-refractivity contribution in [3.63, 3.8) is 0 Å². The van der Waals surface area contributed by atoms with Crippen molar-refractivity contribution in [3.05, 3.63) is 35.4 Å². The molecule has 1 aromatic carbocycles. The fraction of sp³-hybridized carbons (Fsp3) is 0.571. The number of hydrogen-bond donors (Lipinski definition) is 0. The van der Waals surface area contributed by atoms with Crippen molar-refractivity contribution >= 4 is 0 Å². The summed E-state index contributed by atoms with van der Waals surface area (Å²) in [5.41, 5.74) is 2.95. The molecule has 1 rings (SSSR count). The van der Waals surface area contributed by atoms with E-state index in [1.54, 1.807) is 0 Å². The molecule has 0 unspecified atom stereocenters. The Morgan fingerprint density at radius 3 is 2.36 bits per heavy atom. The second kappa shape index (κ2) is 5.19. The average Bonchev–Trinajstić information content (AvgIpc) is 2.15. The van der Waals surface area contributed by atoms with Gasteiger partial charge in [-0.15, -0.1) is 0 Å². The highest BCUT2D eigenvalue weighted by Crippen LogP contribution is 2.17. The zero-order valence-corrected chi connectivity index (χ0v) is 9.88. The Hall–Kier alpha value is -0.780. The van der Waals surface area contributed by atoms with Gasteiger partial charge in [0.15, 0.2) is 0 Å². The smallest absolute Gasteiger partial charge is 0.0219 e. The third-order valence-corrected chi connectivity index (χ3v) is 2.63. The van der Waals surface area contributed by atoms with E-state index in [1.165, 1.54) is 24.0 Å². The van der Waals surface area contributed by atoms with E-state index in [0.29, 0.717) is 5.92 Å². The quantitative estimate of drug-likeness (QED) is 0.660. The van der Waals surface area contributed by atoms with Gasteiger partial charge in [-0.2, -0.15) is 0 Å². The van der Waals surface area contributed by atoms with Crippen molar-refractivity contribution in [2.24, 2.45) is 5.92 Å². The predicted molar refractivity (Wildman–Crippen MR) is 63.7 cm³/mol. The summed E-state index contributed by atoms with van der Waals surface area (Å²) in [6.45, 7) is 9.07. The summed E-state index contributed by atoms with van der Waals surface area (Å²) < 4.78 is 0. The van der Waals surface area contributed by atoms with Crippen molar-refractivity contribution in [1.82, 2.24) is 0 Å². The van der Waals surface area contributed by atoms with Gasteiger partial charge in [0.1, 0.15) is 0 Å². The first-order valence-electron chi connectivity index (χ1n) is 5.68. The first kappa shape index (κ1) is 11.3. The van der Waals surface area contributed by atoms with Crippen LogP contribution in [0.2, 0.25) is 0 Å². The van der Waals surface area contributed by atoms with Crippen LogP contribution in [-0.4, -0.2) is 0 Å². The molecule has 0 radical (unpaired) electrons. The van der Waals surface area contributed by atoms with Crippen molar-refractivity contribution in [2.75, 3.05) is 0 Å². The lowest BCUT2D eigenvalue weighted by Crippen LogP contribution is -1.94. The first-order valence-corrected chi connectivity index (χ1v) is 5.68. The molecule has 78 valence electrons. The van der Waals surface area contributed by atoms with Crippen LogP contribution in [0.4, 0.5) is 0 Å². The number of hydrogen-bond acceptors (Lipinski definition) is 0. The molecule has 0 spiro atoms. The molecular weight excluding hydrogens is 168 g/mol. The number of rotatable bonds is 4. The van der Waals surface area contributed by atoms with Crippen molar-refractivity contribution in [3.8, 4) is 0 Å². The molecule has 0 saturated carbocycles. The van der Waals surface area contributed by atoms with Crippen LogP contribution in [0.3, 0.4) is 0 Å². The SMILES string of the molecule is CC(C)CCc1cccc(C(C)C)c1. The van der Waals surface area contributed by atoms with Crippen LogP contribution >= 0.6 is 0 Å². The van der Waals surface area contributed by atoms with Gasteiger partial charge in [-0.05, 0) is 35.8 Å². The number of aryl methyl sites for hydroxylation is 1. The third kappa shape index (κ3) is 3.53. The molecule has 0 N–H and O–H groups in total. The highest BCUT2D eigenvalue weighted by molar-refractivity contribution is 5.25. The van der Waals surface area contributed by atoms with Gasteiger partial charge >= 0.3 is 0 Å². The molecule has 0 aliphatic rings. The van der Waals surface area contributed by atoms with Gasteiger partial charge < -0.3 is 0 Å². The Morgan fingerprint density at radius 1 is 1.07 bits per heavy atom. The molecule has 0 aromatic heterocycles. The van der Waals surface area contributed by atoms with Crippen LogP contribution in [0.5, 0.6) is 0 Å². The maximum Gasteiger partial charge on any atom is -0.0219 e. The lowest BCUT2D eigenvalue weighted by Gasteiger charge is -2.09.